The summed E-state index contributed by atoms with van der Waals surface area (Å²) in [5.74, 6) is 0.964. The molecule has 4 heteroatoms. The van der Waals surface area contributed by atoms with E-state index in [0.717, 1.165) is 19.6 Å². The summed E-state index contributed by atoms with van der Waals surface area (Å²) in [4.78, 5) is 12.5. The third kappa shape index (κ3) is 2.42. The Morgan fingerprint density at radius 3 is 2.69 bits per heavy atom. The lowest BCUT2D eigenvalue weighted by atomic mass is 10.2. The van der Waals surface area contributed by atoms with Gasteiger partial charge in [-0.15, -0.1) is 11.3 Å². The second-order valence-corrected chi connectivity index (χ2v) is 6.53. The molecule has 0 N–H and O–H groups in total. The van der Waals surface area contributed by atoms with Crippen LogP contribution in [0.15, 0.2) is 14.3 Å². The first-order chi connectivity index (χ1) is 6.16. The maximum Gasteiger partial charge on any atom is 0.173 e. The lowest BCUT2D eigenvalue weighted by Crippen LogP contribution is -1.96. The van der Waals surface area contributed by atoms with Gasteiger partial charge in [0.05, 0.1) is 8.66 Å². The van der Waals surface area contributed by atoms with E-state index in [4.69, 9.17) is 0 Å². The first-order valence-corrected chi connectivity index (χ1v) is 6.55. The normalized spacial score (nSPS) is 16.2. The minimum Gasteiger partial charge on any atom is -0.293 e. The van der Waals surface area contributed by atoms with Crippen molar-refractivity contribution in [3.05, 3.63) is 19.2 Å². The number of hydrogen-bond donors (Lipinski definition) is 0. The number of Topliss-reactive ketones (excluding diaryl/α,β-unsaturated/α-hetero) is 1. The zero-order valence-corrected chi connectivity index (χ0v) is 10.8. The molecule has 1 aliphatic rings. The molecule has 1 nitrogen and oxygen atoms in total. The molecule has 1 aliphatic carbocycles. The fourth-order valence-corrected chi connectivity index (χ4v) is 3.15. The summed E-state index contributed by atoms with van der Waals surface area (Å²) in [5.41, 5.74) is 0. The Morgan fingerprint density at radius 1 is 1.54 bits per heavy atom. The van der Waals surface area contributed by atoms with Gasteiger partial charge in [-0.25, -0.2) is 0 Å². The summed E-state index contributed by atoms with van der Waals surface area (Å²) >= 11 is 8.28. The Morgan fingerprint density at radius 2 is 2.23 bits per heavy atom. The number of carbonyl (C=O) groups is 1. The highest BCUT2D eigenvalue weighted by atomic mass is 79.9. The van der Waals surface area contributed by atoms with E-state index < -0.39 is 0 Å². The largest absolute Gasteiger partial charge is 0.293 e. The van der Waals surface area contributed by atoms with Crippen molar-refractivity contribution in [1.29, 1.82) is 0 Å². The number of carbonyl (C=O) groups excluding carboxylic acids is 1. The van der Waals surface area contributed by atoms with Crippen molar-refractivity contribution in [2.45, 2.75) is 19.3 Å². The van der Waals surface area contributed by atoms with Crippen molar-refractivity contribution in [2.24, 2.45) is 5.92 Å². The second kappa shape index (κ2) is 3.83. The number of thiophene rings is 1. The fourth-order valence-electron chi connectivity index (χ4n) is 1.17. The van der Waals surface area contributed by atoms with Gasteiger partial charge in [-0.1, -0.05) is 0 Å². The lowest BCUT2D eigenvalue weighted by molar-refractivity contribution is 0.0980. The first-order valence-electron chi connectivity index (χ1n) is 4.15. The molecule has 13 heavy (non-hydrogen) atoms. The summed E-state index contributed by atoms with van der Waals surface area (Å²) in [6.45, 7) is 0. The zero-order valence-electron chi connectivity index (χ0n) is 6.85. The monoisotopic (exact) mass is 322 g/mol. The van der Waals surface area contributed by atoms with E-state index in [1.165, 1.54) is 24.2 Å². The highest BCUT2D eigenvalue weighted by Crippen LogP contribution is 2.37. The van der Waals surface area contributed by atoms with Crippen LogP contribution in [0.1, 0.15) is 28.9 Å². The highest BCUT2D eigenvalue weighted by molar-refractivity contribution is 9.13. The molecule has 0 radical (unpaired) electrons. The topological polar surface area (TPSA) is 17.1 Å². The quantitative estimate of drug-likeness (QED) is 0.760. The molecule has 0 amide bonds. The van der Waals surface area contributed by atoms with Gasteiger partial charge < -0.3 is 0 Å². The summed E-state index contributed by atoms with van der Waals surface area (Å²) in [5, 5.41) is 0. The van der Waals surface area contributed by atoms with Crippen LogP contribution in [0.5, 0.6) is 0 Å². The van der Waals surface area contributed by atoms with Crippen LogP contribution in [0.25, 0.3) is 0 Å². The number of rotatable bonds is 3. The molecule has 0 atom stereocenters. The van der Waals surface area contributed by atoms with E-state index in [9.17, 15) is 4.79 Å². The second-order valence-electron chi connectivity index (χ2n) is 3.30. The van der Waals surface area contributed by atoms with Crippen molar-refractivity contribution in [3.8, 4) is 0 Å². The van der Waals surface area contributed by atoms with Gasteiger partial charge in [-0.05, 0) is 56.7 Å². The van der Waals surface area contributed by atoms with Crippen LogP contribution >= 0.6 is 43.2 Å². The first kappa shape index (κ1) is 9.87. The van der Waals surface area contributed by atoms with E-state index in [-0.39, 0.29) is 0 Å². The van der Waals surface area contributed by atoms with E-state index in [2.05, 4.69) is 31.9 Å². The molecule has 0 bridgehead atoms. The molecule has 2 rings (SSSR count). The summed E-state index contributed by atoms with van der Waals surface area (Å²) in [7, 11) is 0. The van der Waals surface area contributed by atoms with Crippen molar-refractivity contribution < 1.29 is 4.79 Å². The van der Waals surface area contributed by atoms with E-state index in [1.54, 1.807) is 0 Å². The number of halogens is 2. The van der Waals surface area contributed by atoms with Gasteiger partial charge in [0.2, 0.25) is 0 Å². The van der Waals surface area contributed by atoms with Gasteiger partial charge >= 0.3 is 0 Å². The average molecular weight is 324 g/mol. The molecular formula is C9H8Br2OS. The summed E-state index contributed by atoms with van der Waals surface area (Å²) in [6, 6.07) is 1.90. The van der Waals surface area contributed by atoms with E-state index in [1.807, 2.05) is 6.07 Å². The lowest BCUT2D eigenvalue weighted by Gasteiger charge is -1.92. The Labute approximate surface area is 97.8 Å². The molecule has 1 aromatic rings. The smallest absolute Gasteiger partial charge is 0.173 e. The predicted octanol–water partition coefficient (Wildman–Crippen LogP) is 4.26. The molecule has 1 heterocycles. The van der Waals surface area contributed by atoms with Gasteiger partial charge in [0.25, 0.3) is 0 Å². The van der Waals surface area contributed by atoms with Crippen LogP contribution in [-0.4, -0.2) is 5.78 Å². The standard InChI is InChI=1S/C9H8Br2OS/c10-6-4-8(13-9(6)11)7(12)3-5-1-2-5/h4-5H,1-3H2. The molecule has 0 spiro atoms. The maximum absolute atomic E-state index is 11.6. The maximum atomic E-state index is 11.6. The summed E-state index contributed by atoms with van der Waals surface area (Å²) in [6.07, 6.45) is 3.21. The zero-order chi connectivity index (χ0) is 9.42. The van der Waals surface area contributed by atoms with E-state index >= 15 is 0 Å². The van der Waals surface area contributed by atoms with Gasteiger partial charge in [0, 0.05) is 10.9 Å². The number of ketones is 1. The number of hydrogen-bond acceptors (Lipinski definition) is 2. The molecule has 0 unspecified atom stereocenters. The third-order valence-electron chi connectivity index (χ3n) is 2.09. The van der Waals surface area contributed by atoms with Crippen LogP contribution in [0.3, 0.4) is 0 Å². The van der Waals surface area contributed by atoms with Crippen molar-refractivity contribution >= 4 is 49.0 Å². The molecule has 1 aromatic heterocycles. The SMILES string of the molecule is O=C(CC1CC1)c1cc(Br)c(Br)s1. The Hall–Kier alpha value is 0.330. The Balaban J connectivity index is 2.09. The van der Waals surface area contributed by atoms with Gasteiger partial charge in [0.1, 0.15) is 0 Å². The minimum atomic E-state index is 0.291. The molecule has 1 fully saturated rings. The fraction of sp³-hybridized carbons (Fsp3) is 0.444. The van der Waals surface area contributed by atoms with Gasteiger partial charge in [0.15, 0.2) is 5.78 Å². The highest BCUT2D eigenvalue weighted by Gasteiger charge is 2.25. The predicted molar refractivity (Wildman–Crippen MR) is 61.4 cm³/mol. The van der Waals surface area contributed by atoms with Crippen LogP contribution < -0.4 is 0 Å². The Kier molecular flexibility index (Phi) is 2.91. The molecule has 0 aromatic carbocycles. The molecule has 70 valence electrons. The summed E-state index contributed by atoms with van der Waals surface area (Å²) < 4.78 is 1.99. The molecule has 0 saturated heterocycles. The van der Waals surface area contributed by atoms with Gasteiger partial charge in [-0.2, -0.15) is 0 Å². The van der Waals surface area contributed by atoms with Crippen molar-refractivity contribution in [2.75, 3.05) is 0 Å². The molecule has 0 aliphatic heterocycles. The van der Waals surface area contributed by atoms with Gasteiger partial charge in [-0.3, -0.25) is 4.79 Å². The average Bonchev–Trinajstić information content (AvgIpc) is 2.81. The van der Waals surface area contributed by atoms with E-state index in [0.29, 0.717) is 11.7 Å². The van der Waals surface area contributed by atoms with Crippen LogP contribution in [0.2, 0.25) is 0 Å². The van der Waals surface area contributed by atoms with Crippen LogP contribution in [0.4, 0.5) is 0 Å². The van der Waals surface area contributed by atoms with Crippen molar-refractivity contribution in [3.63, 3.8) is 0 Å². The minimum absolute atomic E-state index is 0.291. The Bertz CT molecular complexity index is 322. The molecule has 1 saturated carbocycles. The van der Waals surface area contributed by atoms with Crippen LogP contribution in [0, 0.1) is 5.92 Å². The van der Waals surface area contributed by atoms with Crippen LogP contribution in [-0.2, 0) is 0 Å². The molecular weight excluding hydrogens is 316 g/mol. The third-order valence-corrected chi connectivity index (χ3v) is 5.39. The van der Waals surface area contributed by atoms with Crippen molar-refractivity contribution in [1.82, 2.24) is 0 Å².